The Hall–Kier alpha value is -3.69. The third-order valence-corrected chi connectivity index (χ3v) is 7.62. The standard InChI is InChI=1S/C26H27N3O5S/c1-18-11-19(2)26(20(3)12-18)35(31,32)29(15-21-7-5-4-6-8-21)16-25(30)28-27-14-22-9-10-23-24(13-22)34-17-33-23/h4-14H,15-17H2,1-3H3,(H,28,30)/b27-14+. The monoisotopic (exact) mass is 493 g/mol. The summed E-state index contributed by atoms with van der Waals surface area (Å²) in [5, 5.41) is 3.99. The highest BCUT2D eigenvalue weighted by molar-refractivity contribution is 7.89. The van der Waals surface area contributed by atoms with Gasteiger partial charge < -0.3 is 9.47 Å². The minimum absolute atomic E-state index is 0.0508. The number of carbonyl (C=O) groups excluding carboxylic acids is 1. The van der Waals surface area contributed by atoms with Gasteiger partial charge in [-0.3, -0.25) is 4.79 Å². The lowest BCUT2D eigenvalue weighted by Crippen LogP contribution is -2.39. The maximum Gasteiger partial charge on any atom is 0.255 e. The second-order valence-corrected chi connectivity index (χ2v) is 10.3. The van der Waals surface area contributed by atoms with Crippen LogP contribution in [0.3, 0.4) is 0 Å². The van der Waals surface area contributed by atoms with E-state index in [1.54, 1.807) is 32.0 Å². The fourth-order valence-electron chi connectivity index (χ4n) is 4.08. The number of benzene rings is 3. The molecule has 1 aliphatic rings. The summed E-state index contributed by atoms with van der Waals surface area (Å²) in [4.78, 5) is 13.0. The van der Waals surface area contributed by atoms with Crippen LogP contribution < -0.4 is 14.9 Å². The quantitative estimate of drug-likeness (QED) is 0.381. The molecule has 0 radical (unpaired) electrons. The number of hydrogen-bond donors (Lipinski definition) is 1. The van der Waals surface area contributed by atoms with Crippen molar-refractivity contribution in [3.8, 4) is 11.5 Å². The molecule has 1 heterocycles. The van der Waals surface area contributed by atoms with Crippen molar-refractivity contribution < 1.29 is 22.7 Å². The number of ether oxygens (including phenoxy) is 2. The molecule has 3 aromatic rings. The van der Waals surface area contributed by atoms with Crippen LogP contribution in [-0.4, -0.2) is 38.2 Å². The van der Waals surface area contributed by atoms with E-state index >= 15 is 0 Å². The molecule has 9 heteroatoms. The summed E-state index contributed by atoms with van der Waals surface area (Å²) in [6.07, 6.45) is 1.46. The molecule has 3 aromatic carbocycles. The van der Waals surface area contributed by atoms with Crippen molar-refractivity contribution in [1.82, 2.24) is 9.73 Å². The van der Waals surface area contributed by atoms with Gasteiger partial charge in [0.15, 0.2) is 11.5 Å². The topological polar surface area (TPSA) is 97.3 Å². The molecule has 0 aromatic heterocycles. The number of rotatable bonds is 8. The SMILES string of the molecule is Cc1cc(C)c(S(=O)(=O)N(CC(=O)N/N=C/c2ccc3c(c2)OCO3)Cc2ccccc2)c(C)c1. The zero-order valence-corrected chi connectivity index (χ0v) is 20.6. The van der Waals surface area contributed by atoms with Crippen molar-refractivity contribution in [1.29, 1.82) is 0 Å². The van der Waals surface area contributed by atoms with E-state index in [0.717, 1.165) is 11.1 Å². The van der Waals surface area contributed by atoms with Crippen molar-refractivity contribution in [3.05, 3.63) is 88.5 Å². The molecule has 0 aliphatic carbocycles. The number of hydrazone groups is 1. The summed E-state index contributed by atoms with van der Waals surface area (Å²) in [7, 11) is -3.97. The van der Waals surface area contributed by atoms with E-state index in [1.807, 2.05) is 49.4 Å². The second-order valence-electron chi connectivity index (χ2n) is 8.39. The fourth-order valence-corrected chi connectivity index (χ4v) is 5.88. The highest BCUT2D eigenvalue weighted by Crippen LogP contribution is 2.32. The van der Waals surface area contributed by atoms with Crippen LogP contribution in [-0.2, 0) is 21.4 Å². The normalized spacial score (nSPS) is 12.9. The minimum atomic E-state index is -3.97. The van der Waals surface area contributed by atoms with Gasteiger partial charge >= 0.3 is 0 Å². The summed E-state index contributed by atoms with van der Waals surface area (Å²) < 4.78 is 39.2. The minimum Gasteiger partial charge on any atom is -0.454 e. The molecule has 0 unspecified atom stereocenters. The van der Waals surface area contributed by atoms with Gasteiger partial charge in [0.1, 0.15) is 0 Å². The van der Waals surface area contributed by atoms with E-state index < -0.39 is 15.9 Å². The Bertz CT molecular complexity index is 1350. The molecule has 0 atom stereocenters. The van der Waals surface area contributed by atoms with Crippen molar-refractivity contribution in [2.75, 3.05) is 13.3 Å². The van der Waals surface area contributed by atoms with Crippen LogP contribution in [0.15, 0.2) is 70.7 Å². The van der Waals surface area contributed by atoms with E-state index in [1.165, 1.54) is 10.5 Å². The first-order valence-electron chi connectivity index (χ1n) is 11.1. The number of hydrogen-bond acceptors (Lipinski definition) is 6. The van der Waals surface area contributed by atoms with Crippen molar-refractivity contribution in [2.24, 2.45) is 5.10 Å². The summed E-state index contributed by atoms with van der Waals surface area (Å²) >= 11 is 0. The average molecular weight is 494 g/mol. The highest BCUT2D eigenvalue weighted by atomic mass is 32.2. The Morgan fingerprint density at radius 3 is 2.40 bits per heavy atom. The molecule has 0 spiro atoms. The lowest BCUT2D eigenvalue weighted by Gasteiger charge is -2.24. The van der Waals surface area contributed by atoms with Gasteiger partial charge in [0.05, 0.1) is 17.7 Å². The molecular formula is C26H27N3O5S. The van der Waals surface area contributed by atoms with Gasteiger partial charge in [-0.05, 0) is 61.2 Å². The number of nitrogens with zero attached hydrogens (tertiary/aromatic N) is 2. The maximum atomic E-state index is 13.7. The Morgan fingerprint density at radius 2 is 1.69 bits per heavy atom. The van der Waals surface area contributed by atoms with E-state index in [0.29, 0.717) is 28.2 Å². The summed E-state index contributed by atoms with van der Waals surface area (Å²) in [6, 6.07) is 18.1. The predicted molar refractivity (Wildman–Crippen MR) is 133 cm³/mol. The third kappa shape index (κ3) is 5.70. The van der Waals surface area contributed by atoms with E-state index in [4.69, 9.17) is 9.47 Å². The fraction of sp³-hybridized carbons (Fsp3) is 0.231. The molecule has 35 heavy (non-hydrogen) atoms. The van der Waals surface area contributed by atoms with Crippen molar-refractivity contribution in [3.63, 3.8) is 0 Å². The molecule has 0 fully saturated rings. The molecule has 0 saturated carbocycles. The number of aryl methyl sites for hydroxylation is 3. The second kappa shape index (κ2) is 10.3. The molecule has 1 amide bonds. The van der Waals surface area contributed by atoms with Crippen LogP contribution in [0.4, 0.5) is 0 Å². The summed E-state index contributed by atoms with van der Waals surface area (Å²) in [5.74, 6) is 0.697. The van der Waals surface area contributed by atoms with Gasteiger partial charge in [-0.15, -0.1) is 0 Å². The van der Waals surface area contributed by atoms with Crippen LogP contribution >= 0.6 is 0 Å². The van der Waals surface area contributed by atoms with E-state index in [-0.39, 0.29) is 24.8 Å². The van der Waals surface area contributed by atoms with Gasteiger partial charge in [0, 0.05) is 6.54 Å². The zero-order valence-electron chi connectivity index (χ0n) is 19.8. The van der Waals surface area contributed by atoms with Gasteiger partial charge in [0.25, 0.3) is 5.91 Å². The summed E-state index contributed by atoms with van der Waals surface area (Å²) in [5.41, 5.74) is 6.16. The van der Waals surface area contributed by atoms with Crippen LogP contribution in [0, 0.1) is 20.8 Å². The first-order valence-corrected chi connectivity index (χ1v) is 12.5. The zero-order chi connectivity index (χ0) is 25.0. The Labute approximate surface area is 205 Å². The lowest BCUT2D eigenvalue weighted by atomic mass is 10.1. The number of carbonyl (C=O) groups is 1. The van der Waals surface area contributed by atoms with Crippen LogP contribution in [0.5, 0.6) is 11.5 Å². The van der Waals surface area contributed by atoms with E-state index in [9.17, 15) is 13.2 Å². The molecule has 0 saturated heterocycles. The average Bonchev–Trinajstić information content (AvgIpc) is 3.26. The van der Waals surface area contributed by atoms with Crippen LogP contribution in [0.2, 0.25) is 0 Å². The largest absolute Gasteiger partial charge is 0.454 e. The molecular weight excluding hydrogens is 466 g/mol. The first kappa shape index (κ1) is 24.4. The number of fused-ring (bicyclic) bond motifs is 1. The maximum absolute atomic E-state index is 13.7. The first-order chi connectivity index (χ1) is 16.7. The van der Waals surface area contributed by atoms with Gasteiger partial charge in [-0.25, -0.2) is 13.8 Å². The number of amides is 1. The van der Waals surface area contributed by atoms with Crippen LogP contribution in [0.25, 0.3) is 0 Å². The molecule has 4 rings (SSSR count). The van der Waals surface area contributed by atoms with E-state index in [2.05, 4.69) is 10.5 Å². The lowest BCUT2D eigenvalue weighted by molar-refractivity contribution is -0.121. The Kier molecular flexibility index (Phi) is 7.18. The Morgan fingerprint density at radius 1 is 1.00 bits per heavy atom. The van der Waals surface area contributed by atoms with Gasteiger partial charge in [-0.1, -0.05) is 48.0 Å². The molecule has 1 aliphatic heterocycles. The van der Waals surface area contributed by atoms with Crippen LogP contribution in [0.1, 0.15) is 27.8 Å². The third-order valence-electron chi connectivity index (χ3n) is 5.52. The van der Waals surface area contributed by atoms with Gasteiger partial charge in [-0.2, -0.15) is 9.41 Å². The summed E-state index contributed by atoms with van der Waals surface area (Å²) in [6.45, 7) is 5.28. The smallest absolute Gasteiger partial charge is 0.255 e. The molecule has 0 bridgehead atoms. The highest BCUT2D eigenvalue weighted by Gasteiger charge is 2.30. The number of nitrogens with one attached hydrogen (secondary N) is 1. The van der Waals surface area contributed by atoms with Crippen molar-refractivity contribution >= 4 is 22.1 Å². The Balaban J connectivity index is 1.54. The molecule has 1 N–H and O–H groups in total. The van der Waals surface area contributed by atoms with Crippen molar-refractivity contribution in [2.45, 2.75) is 32.2 Å². The van der Waals surface area contributed by atoms with Gasteiger partial charge in [0.2, 0.25) is 16.8 Å². The molecule has 182 valence electrons. The predicted octanol–water partition coefficient (Wildman–Crippen LogP) is 3.68. The number of sulfonamides is 1. The molecule has 8 nitrogen and oxygen atoms in total.